The van der Waals surface area contributed by atoms with Crippen molar-refractivity contribution in [2.24, 2.45) is 0 Å². The Bertz CT molecular complexity index is 1630. The van der Waals surface area contributed by atoms with Crippen LogP contribution < -0.4 is 15.8 Å². The van der Waals surface area contributed by atoms with Gasteiger partial charge < -0.3 is 30.3 Å². The lowest BCUT2D eigenvalue weighted by molar-refractivity contribution is 0.0546. The van der Waals surface area contributed by atoms with E-state index in [4.69, 9.17) is 0 Å². The predicted molar refractivity (Wildman–Crippen MR) is 154 cm³/mol. The fourth-order valence-electron chi connectivity index (χ4n) is 5.45. The van der Waals surface area contributed by atoms with E-state index in [-0.39, 0.29) is 28.7 Å². The van der Waals surface area contributed by atoms with Crippen molar-refractivity contribution in [3.8, 4) is 11.3 Å². The number of aliphatic hydroxyl groups is 2. The Morgan fingerprint density at radius 2 is 1.71 bits per heavy atom. The molecule has 4 N–H and O–H groups in total. The zero-order valence-corrected chi connectivity index (χ0v) is 22.4. The topological polar surface area (TPSA) is 135 Å². The van der Waals surface area contributed by atoms with Gasteiger partial charge in [-0.1, -0.05) is 0 Å². The van der Waals surface area contributed by atoms with Crippen molar-refractivity contribution in [3.05, 3.63) is 76.6 Å². The normalized spacial score (nSPS) is 16.8. The van der Waals surface area contributed by atoms with E-state index in [1.807, 2.05) is 12.1 Å². The molecule has 0 unspecified atom stereocenters. The molecular formula is C30H31FN6O4. The molecule has 2 fully saturated rings. The lowest BCUT2D eigenvalue weighted by Gasteiger charge is -2.31. The Hall–Kier alpha value is -4.35. The average Bonchev–Trinajstić information content (AvgIpc) is 2.98. The molecule has 2 aliphatic heterocycles. The molecule has 10 nitrogen and oxygen atoms in total. The first-order chi connectivity index (χ1) is 19.9. The largest absolute Gasteiger partial charge is 0.393 e. The van der Waals surface area contributed by atoms with Crippen LogP contribution in [0.3, 0.4) is 0 Å². The monoisotopic (exact) mass is 558 g/mol. The number of nitrogens with one attached hydrogen (secondary N) is 2. The average molecular weight is 559 g/mol. The molecule has 2 saturated heterocycles. The maximum Gasteiger partial charge on any atom is 0.259 e. The highest BCUT2D eigenvalue weighted by Gasteiger charge is 2.24. The predicted octanol–water partition coefficient (Wildman–Crippen LogP) is 3.43. The summed E-state index contributed by atoms with van der Waals surface area (Å²) in [6.45, 7) is 2.35. The number of halogens is 1. The quantitative estimate of drug-likeness (QED) is 0.293. The summed E-state index contributed by atoms with van der Waals surface area (Å²) in [4.78, 5) is 41.2. The lowest BCUT2D eigenvalue weighted by atomic mass is 10.0. The van der Waals surface area contributed by atoms with Crippen LogP contribution in [-0.4, -0.2) is 74.4 Å². The Balaban J connectivity index is 1.29. The van der Waals surface area contributed by atoms with Crippen molar-refractivity contribution in [3.63, 3.8) is 0 Å². The van der Waals surface area contributed by atoms with Crippen LogP contribution in [0, 0.1) is 5.82 Å². The second-order valence-electron chi connectivity index (χ2n) is 10.6. The van der Waals surface area contributed by atoms with Gasteiger partial charge in [0.1, 0.15) is 11.6 Å². The Labute approximate surface area is 235 Å². The highest BCUT2D eigenvalue weighted by molar-refractivity contribution is 5.96. The zero-order valence-electron chi connectivity index (χ0n) is 22.4. The number of benzene rings is 1. The van der Waals surface area contributed by atoms with Crippen LogP contribution in [0.2, 0.25) is 0 Å². The van der Waals surface area contributed by atoms with Crippen molar-refractivity contribution in [2.45, 2.75) is 37.9 Å². The first-order valence-corrected chi connectivity index (χ1v) is 13.8. The van der Waals surface area contributed by atoms with E-state index >= 15 is 4.39 Å². The molecule has 212 valence electrons. The summed E-state index contributed by atoms with van der Waals surface area (Å²) >= 11 is 0. The number of pyridine rings is 3. The summed E-state index contributed by atoms with van der Waals surface area (Å²) in [5.74, 6) is -0.386. The number of amides is 1. The highest BCUT2D eigenvalue weighted by Crippen LogP contribution is 2.31. The Kier molecular flexibility index (Phi) is 7.38. The molecule has 0 bridgehead atoms. The summed E-state index contributed by atoms with van der Waals surface area (Å²) in [6, 6.07) is 11.3. The fraction of sp³-hybridized carbons (Fsp3) is 0.333. The maximum atomic E-state index is 15.4. The molecule has 4 aromatic rings. The molecule has 1 aromatic carbocycles. The van der Waals surface area contributed by atoms with Gasteiger partial charge in [0.2, 0.25) is 0 Å². The standard InChI is InChI=1S/C30H31FN6O4/c31-23-15-18(30(41)37-13-8-21(39)9-14-37)1-3-22(23)25-16-26(28-24(34-25)5-10-32-29(28)40)35-27-4-2-19(17-33-27)36-11-6-20(38)7-12-36/h1-5,10,15-17,20-21,38-39H,6-9,11-14H2,(H,32,40)(H,33,34,35). The highest BCUT2D eigenvalue weighted by atomic mass is 19.1. The molecule has 0 radical (unpaired) electrons. The van der Waals surface area contributed by atoms with Crippen LogP contribution in [0.15, 0.2) is 59.7 Å². The van der Waals surface area contributed by atoms with Crippen molar-refractivity contribution in [1.82, 2.24) is 19.9 Å². The third kappa shape index (κ3) is 5.63. The molecule has 3 aromatic heterocycles. The minimum Gasteiger partial charge on any atom is -0.393 e. The van der Waals surface area contributed by atoms with Gasteiger partial charge in [-0.05, 0) is 68.1 Å². The summed E-state index contributed by atoms with van der Waals surface area (Å²) in [5, 5.41) is 23.0. The molecule has 0 aliphatic carbocycles. The van der Waals surface area contributed by atoms with Crippen LogP contribution in [0.4, 0.5) is 21.6 Å². The van der Waals surface area contributed by atoms with Crippen molar-refractivity contribution in [1.29, 1.82) is 0 Å². The number of likely N-dealkylation sites (tertiary alicyclic amines) is 1. The number of hydrogen-bond acceptors (Lipinski definition) is 8. The molecule has 6 rings (SSSR count). The van der Waals surface area contributed by atoms with Crippen LogP contribution >= 0.6 is 0 Å². The SMILES string of the molecule is O=C(c1ccc(-c2cc(Nc3ccc(N4CCC(O)CC4)cn3)c3c(=O)[nH]ccc3n2)c(F)c1)N1CCC(O)CC1. The molecule has 11 heteroatoms. The van der Waals surface area contributed by atoms with Gasteiger partial charge in [0, 0.05) is 43.5 Å². The van der Waals surface area contributed by atoms with Gasteiger partial charge >= 0.3 is 0 Å². The number of H-pyrrole nitrogens is 1. The number of hydrogen-bond donors (Lipinski definition) is 4. The Morgan fingerprint density at radius 3 is 2.39 bits per heavy atom. The minimum atomic E-state index is -0.607. The van der Waals surface area contributed by atoms with E-state index in [1.54, 1.807) is 29.3 Å². The van der Waals surface area contributed by atoms with Gasteiger partial charge in [-0.25, -0.2) is 14.4 Å². The number of aliphatic hydroxyl groups excluding tert-OH is 2. The van der Waals surface area contributed by atoms with Gasteiger partial charge in [0.25, 0.3) is 11.5 Å². The molecule has 5 heterocycles. The van der Waals surface area contributed by atoms with Crippen molar-refractivity contribution >= 4 is 34.0 Å². The minimum absolute atomic E-state index is 0.191. The summed E-state index contributed by atoms with van der Waals surface area (Å²) in [7, 11) is 0. The van der Waals surface area contributed by atoms with Crippen molar-refractivity contribution in [2.75, 3.05) is 36.4 Å². The number of fused-ring (bicyclic) bond motifs is 1. The fourth-order valence-corrected chi connectivity index (χ4v) is 5.45. The van der Waals surface area contributed by atoms with E-state index < -0.39 is 11.9 Å². The van der Waals surface area contributed by atoms with Crippen LogP contribution in [-0.2, 0) is 0 Å². The van der Waals surface area contributed by atoms with E-state index in [2.05, 4.69) is 25.2 Å². The van der Waals surface area contributed by atoms with Crippen LogP contribution in [0.1, 0.15) is 36.0 Å². The third-order valence-electron chi connectivity index (χ3n) is 7.81. The number of aromatic nitrogens is 3. The number of rotatable bonds is 5. The maximum absolute atomic E-state index is 15.4. The molecule has 0 spiro atoms. The second kappa shape index (κ2) is 11.3. The number of aromatic amines is 1. The van der Waals surface area contributed by atoms with E-state index in [0.29, 0.717) is 66.9 Å². The van der Waals surface area contributed by atoms with Gasteiger partial charge in [-0.2, -0.15) is 0 Å². The van der Waals surface area contributed by atoms with Crippen molar-refractivity contribution < 1.29 is 19.4 Å². The number of anilines is 3. The van der Waals surface area contributed by atoms with Gasteiger partial charge in [0.05, 0.1) is 46.4 Å². The molecule has 0 atom stereocenters. The smallest absolute Gasteiger partial charge is 0.259 e. The lowest BCUT2D eigenvalue weighted by Crippen LogP contribution is -2.40. The van der Waals surface area contributed by atoms with Crippen LogP contribution in [0.5, 0.6) is 0 Å². The zero-order chi connectivity index (χ0) is 28.5. The van der Waals surface area contributed by atoms with Gasteiger partial charge in [-0.15, -0.1) is 0 Å². The van der Waals surface area contributed by atoms with E-state index in [9.17, 15) is 19.8 Å². The van der Waals surface area contributed by atoms with E-state index in [0.717, 1.165) is 18.8 Å². The summed E-state index contributed by atoms with van der Waals surface area (Å²) < 4.78 is 15.4. The number of carbonyl (C=O) groups is 1. The number of piperidine rings is 2. The molecule has 0 saturated carbocycles. The third-order valence-corrected chi connectivity index (χ3v) is 7.81. The summed E-state index contributed by atoms with van der Waals surface area (Å²) in [6.07, 6.45) is 4.98. The molecule has 1 amide bonds. The van der Waals surface area contributed by atoms with Crippen LogP contribution in [0.25, 0.3) is 22.2 Å². The first-order valence-electron chi connectivity index (χ1n) is 13.8. The molecule has 41 heavy (non-hydrogen) atoms. The van der Waals surface area contributed by atoms with Gasteiger partial charge in [-0.3, -0.25) is 9.59 Å². The second-order valence-corrected chi connectivity index (χ2v) is 10.6. The Morgan fingerprint density at radius 1 is 0.976 bits per heavy atom. The van der Waals surface area contributed by atoms with Gasteiger partial charge in [0.15, 0.2) is 0 Å². The summed E-state index contributed by atoms with van der Waals surface area (Å²) in [5.41, 5.74) is 2.11. The number of nitrogens with zero attached hydrogens (tertiary/aromatic N) is 4. The number of carbonyl (C=O) groups excluding carboxylic acids is 1. The first kappa shape index (κ1) is 26.9. The van der Waals surface area contributed by atoms with E-state index in [1.165, 1.54) is 18.3 Å². The molecular weight excluding hydrogens is 527 g/mol. The molecule has 2 aliphatic rings.